The number of anilines is 1. The zero-order chi connectivity index (χ0) is 25.7. The third kappa shape index (κ3) is 5.44. The number of amides is 1. The van der Waals surface area contributed by atoms with Crippen LogP contribution in [0.4, 0.5) is 10.1 Å². The number of thioether (sulfide) groups is 1. The summed E-state index contributed by atoms with van der Waals surface area (Å²) < 4.78 is 30.9. The number of hydrogen-bond acceptors (Lipinski definition) is 7. The van der Waals surface area contributed by atoms with Crippen molar-refractivity contribution in [2.75, 3.05) is 32.4 Å². The molecule has 1 heterocycles. The van der Waals surface area contributed by atoms with Crippen LogP contribution in [0.2, 0.25) is 0 Å². The number of benzene rings is 3. The predicted molar refractivity (Wildman–Crippen MR) is 137 cm³/mol. The molecule has 0 saturated heterocycles. The smallest absolute Gasteiger partial charge is 0.262 e. The molecule has 0 aliphatic heterocycles. The van der Waals surface area contributed by atoms with Gasteiger partial charge in [0.15, 0.2) is 16.7 Å². The standard InChI is InChI=1S/C26H24FN3O5S/c1-33-21-12-16(13-22(34-2)24(21)35-3)14-30-25(32)19-6-4-5-7-20(19)29-26(30)36-15-23(31)28-18-10-8-17(27)9-11-18/h4-13H,14-15H2,1-3H3,(H,28,31). The van der Waals surface area contributed by atoms with Crippen molar-refractivity contribution in [2.45, 2.75) is 11.7 Å². The maximum Gasteiger partial charge on any atom is 0.262 e. The van der Waals surface area contributed by atoms with Crippen molar-refractivity contribution in [2.24, 2.45) is 0 Å². The fraction of sp³-hybridized carbons (Fsp3) is 0.192. The number of carbonyl (C=O) groups is 1. The highest BCUT2D eigenvalue weighted by molar-refractivity contribution is 7.99. The first-order valence-corrected chi connectivity index (χ1v) is 11.9. The minimum atomic E-state index is -0.390. The number of ether oxygens (including phenoxy) is 3. The van der Waals surface area contributed by atoms with Crippen molar-refractivity contribution in [3.8, 4) is 17.2 Å². The van der Waals surface area contributed by atoms with E-state index < -0.39 is 5.82 Å². The zero-order valence-corrected chi connectivity index (χ0v) is 20.7. The lowest BCUT2D eigenvalue weighted by atomic mass is 10.1. The van der Waals surface area contributed by atoms with Gasteiger partial charge in [0, 0.05) is 5.69 Å². The average Bonchev–Trinajstić information content (AvgIpc) is 2.90. The topological polar surface area (TPSA) is 91.7 Å². The van der Waals surface area contributed by atoms with Gasteiger partial charge in [-0.3, -0.25) is 14.2 Å². The third-order valence-electron chi connectivity index (χ3n) is 5.35. The molecule has 1 N–H and O–H groups in total. The van der Waals surface area contributed by atoms with E-state index in [2.05, 4.69) is 10.3 Å². The number of nitrogens with zero attached hydrogens (tertiary/aromatic N) is 2. The second kappa shape index (κ2) is 11.1. The molecule has 0 saturated carbocycles. The van der Waals surface area contributed by atoms with Crippen molar-refractivity contribution in [3.05, 3.63) is 82.4 Å². The van der Waals surface area contributed by atoms with Crippen LogP contribution in [0.25, 0.3) is 10.9 Å². The summed E-state index contributed by atoms with van der Waals surface area (Å²) in [6.45, 7) is 0.162. The summed E-state index contributed by atoms with van der Waals surface area (Å²) in [7, 11) is 4.56. The van der Waals surface area contributed by atoms with Crippen molar-refractivity contribution >= 4 is 34.3 Å². The van der Waals surface area contributed by atoms with Gasteiger partial charge in [0.2, 0.25) is 11.7 Å². The highest BCUT2D eigenvalue weighted by Crippen LogP contribution is 2.38. The van der Waals surface area contributed by atoms with Gasteiger partial charge in [-0.25, -0.2) is 9.37 Å². The SMILES string of the molecule is COc1cc(Cn2c(SCC(=O)Nc3ccc(F)cc3)nc3ccccc3c2=O)cc(OC)c1OC. The first kappa shape index (κ1) is 25.1. The lowest BCUT2D eigenvalue weighted by Crippen LogP contribution is -2.25. The van der Waals surface area contributed by atoms with E-state index in [0.29, 0.717) is 39.0 Å². The number of fused-ring (bicyclic) bond motifs is 1. The summed E-state index contributed by atoms with van der Waals surface area (Å²) >= 11 is 1.13. The highest BCUT2D eigenvalue weighted by Gasteiger charge is 2.17. The maximum absolute atomic E-state index is 13.4. The molecular formula is C26H24FN3O5S. The summed E-state index contributed by atoms with van der Waals surface area (Å²) in [6, 6.07) is 16.1. The van der Waals surface area contributed by atoms with Crippen LogP contribution in [0.3, 0.4) is 0 Å². The van der Waals surface area contributed by atoms with Crippen molar-refractivity contribution in [3.63, 3.8) is 0 Å². The number of halogens is 1. The molecule has 0 unspecified atom stereocenters. The molecule has 3 aromatic carbocycles. The number of nitrogens with one attached hydrogen (secondary N) is 1. The van der Waals surface area contributed by atoms with Crippen molar-refractivity contribution in [1.82, 2.24) is 9.55 Å². The molecule has 36 heavy (non-hydrogen) atoms. The van der Waals surface area contributed by atoms with Gasteiger partial charge >= 0.3 is 0 Å². The molecule has 10 heteroatoms. The quantitative estimate of drug-likeness (QED) is 0.265. The molecule has 0 atom stereocenters. The molecule has 1 amide bonds. The van der Waals surface area contributed by atoms with Crippen molar-refractivity contribution < 1.29 is 23.4 Å². The van der Waals surface area contributed by atoms with Crippen LogP contribution < -0.4 is 25.1 Å². The Morgan fingerprint density at radius 2 is 1.67 bits per heavy atom. The minimum Gasteiger partial charge on any atom is -0.493 e. The Labute approximate surface area is 211 Å². The van der Waals surface area contributed by atoms with Gasteiger partial charge in [0.1, 0.15) is 5.82 Å². The van der Waals surface area contributed by atoms with Gasteiger partial charge in [-0.05, 0) is 54.1 Å². The van der Waals surface area contributed by atoms with E-state index in [1.165, 1.54) is 50.2 Å². The number of para-hydroxylation sites is 1. The Balaban J connectivity index is 1.67. The van der Waals surface area contributed by atoms with E-state index in [1.54, 1.807) is 36.4 Å². The molecule has 186 valence electrons. The lowest BCUT2D eigenvalue weighted by Gasteiger charge is -2.16. The molecule has 0 aliphatic rings. The number of carbonyl (C=O) groups excluding carboxylic acids is 1. The van der Waals surface area contributed by atoms with E-state index >= 15 is 0 Å². The molecule has 0 spiro atoms. The largest absolute Gasteiger partial charge is 0.493 e. The molecule has 0 fully saturated rings. The second-order valence-corrected chi connectivity index (χ2v) is 8.62. The summed E-state index contributed by atoms with van der Waals surface area (Å²) in [5.41, 5.74) is 1.49. The normalized spacial score (nSPS) is 10.8. The van der Waals surface area contributed by atoms with Crippen LogP contribution in [0.5, 0.6) is 17.2 Å². The van der Waals surface area contributed by atoms with Crippen LogP contribution in [0.1, 0.15) is 5.56 Å². The highest BCUT2D eigenvalue weighted by atomic mass is 32.2. The van der Waals surface area contributed by atoms with Crippen LogP contribution >= 0.6 is 11.8 Å². The number of methoxy groups -OCH3 is 3. The van der Waals surface area contributed by atoms with Crippen LogP contribution in [0, 0.1) is 5.82 Å². The fourth-order valence-electron chi connectivity index (χ4n) is 3.67. The lowest BCUT2D eigenvalue weighted by molar-refractivity contribution is -0.113. The number of aromatic nitrogens is 2. The first-order valence-electron chi connectivity index (χ1n) is 10.9. The van der Waals surface area contributed by atoms with E-state index in [4.69, 9.17) is 14.2 Å². The van der Waals surface area contributed by atoms with Gasteiger partial charge in [0.05, 0.1) is 44.5 Å². The second-order valence-electron chi connectivity index (χ2n) is 7.68. The van der Waals surface area contributed by atoms with Crippen LogP contribution in [-0.2, 0) is 11.3 Å². The van der Waals surface area contributed by atoms with E-state index in [1.807, 2.05) is 0 Å². The Bertz CT molecular complexity index is 1430. The van der Waals surface area contributed by atoms with Gasteiger partial charge in [0.25, 0.3) is 5.56 Å². The van der Waals surface area contributed by atoms with Gasteiger partial charge in [-0.1, -0.05) is 23.9 Å². The number of rotatable bonds is 9. The molecule has 0 bridgehead atoms. The minimum absolute atomic E-state index is 0.00257. The van der Waals surface area contributed by atoms with Crippen LogP contribution in [-0.4, -0.2) is 42.5 Å². The number of hydrogen-bond donors (Lipinski definition) is 1. The van der Waals surface area contributed by atoms with E-state index in [-0.39, 0.29) is 23.8 Å². The molecule has 0 radical (unpaired) electrons. The Kier molecular flexibility index (Phi) is 7.74. The Hall–Kier alpha value is -4.05. The molecule has 8 nitrogen and oxygen atoms in total. The zero-order valence-electron chi connectivity index (χ0n) is 19.9. The Morgan fingerprint density at radius 1 is 1.00 bits per heavy atom. The summed E-state index contributed by atoms with van der Waals surface area (Å²) in [4.78, 5) is 30.6. The third-order valence-corrected chi connectivity index (χ3v) is 6.33. The summed E-state index contributed by atoms with van der Waals surface area (Å²) in [5.74, 6) is 0.659. The summed E-state index contributed by atoms with van der Waals surface area (Å²) in [5, 5.41) is 3.55. The van der Waals surface area contributed by atoms with Crippen LogP contribution in [0.15, 0.2) is 70.6 Å². The Morgan fingerprint density at radius 3 is 2.31 bits per heavy atom. The molecule has 4 rings (SSSR count). The van der Waals surface area contributed by atoms with Gasteiger partial charge in [-0.2, -0.15) is 0 Å². The van der Waals surface area contributed by atoms with E-state index in [0.717, 1.165) is 17.3 Å². The molecule has 4 aromatic rings. The van der Waals surface area contributed by atoms with Crippen molar-refractivity contribution in [1.29, 1.82) is 0 Å². The molecule has 0 aliphatic carbocycles. The maximum atomic E-state index is 13.4. The average molecular weight is 510 g/mol. The first-order chi connectivity index (χ1) is 17.4. The predicted octanol–water partition coefficient (Wildman–Crippen LogP) is 4.34. The van der Waals surface area contributed by atoms with Gasteiger partial charge in [-0.15, -0.1) is 0 Å². The molecule has 1 aromatic heterocycles. The van der Waals surface area contributed by atoms with Gasteiger partial charge < -0.3 is 19.5 Å². The fourth-order valence-corrected chi connectivity index (χ4v) is 4.47. The molecular weight excluding hydrogens is 485 g/mol. The van der Waals surface area contributed by atoms with E-state index in [9.17, 15) is 14.0 Å². The monoisotopic (exact) mass is 509 g/mol. The summed E-state index contributed by atoms with van der Waals surface area (Å²) in [6.07, 6.45) is 0.